The molecule has 2 heterocycles. The van der Waals surface area contributed by atoms with Gasteiger partial charge >= 0.3 is 6.01 Å². The van der Waals surface area contributed by atoms with E-state index < -0.39 is 0 Å². The fraction of sp³-hybridized carbons (Fsp3) is 0.400. The van der Waals surface area contributed by atoms with Crippen LogP contribution in [0.1, 0.15) is 0 Å². The molecule has 0 saturated carbocycles. The third-order valence-electron chi connectivity index (χ3n) is 2.09. The minimum atomic E-state index is 0.319. The van der Waals surface area contributed by atoms with E-state index in [-0.39, 0.29) is 0 Å². The molecule has 2 aromatic rings. The van der Waals surface area contributed by atoms with Crippen molar-refractivity contribution in [1.82, 2.24) is 20.3 Å². The van der Waals surface area contributed by atoms with Crippen LogP contribution in [0.25, 0.3) is 11.5 Å². The fourth-order valence-electron chi connectivity index (χ4n) is 1.21. The van der Waals surface area contributed by atoms with Gasteiger partial charge in [0.05, 0.1) is 13.7 Å². The topological polar surface area (TPSA) is 95.2 Å². The highest BCUT2D eigenvalue weighted by atomic mass is 16.5. The molecule has 0 aliphatic heterocycles. The minimum Gasteiger partial charge on any atom is -0.480 e. The number of rotatable bonds is 6. The van der Waals surface area contributed by atoms with Crippen LogP contribution in [0.15, 0.2) is 16.7 Å². The molecule has 0 aromatic carbocycles. The molecule has 0 unspecified atom stereocenters. The van der Waals surface area contributed by atoms with Crippen molar-refractivity contribution < 1.29 is 14.0 Å². The molecule has 18 heavy (non-hydrogen) atoms. The van der Waals surface area contributed by atoms with Crippen molar-refractivity contribution in [3.8, 4) is 17.4 Å². The third kappa shape index (κ3) is 2.92. The molecule has 8 heteroatoms. The van der Waals surface area contributed by atoms with Crippen molar-refractivity contribution >= 4 is 6.01 Å². The quantitative estimate of drug-likeness (QED) is 0.745. The predicted molar refractivity (Wildman–Crippen MR) is 62.2 cm³/mol. The zero-order valence-electron chi connectivity index (χ0n) is 10.1. The molecular formula is C10H13N5O3. The van der Waals surface area contributed by atoms with Crippen LogP contribution in [0.5, 0.6) is 5.88 Å². The summed E-state index contributed by atoms with van der Waals surface area (Å²) in [5.41, 5.74) is 0.513. The second kappa shape index (κ2) is 5.92. The lowest BCUT2D eigenvalue weighted by Crippen LogP contribution is -2.07. The van der Waals surface area contributed by atoms with Crippen LogP contribution in [0.4, 0.5) is 6.01 Å². The monoisotopic (exact) mass is 251 g/mol. The molecule has 0 atom stereocenters. The Bertz CT molecular complexity index is 485. The molecule has 0 saturated heterocycles. The van der Waals surface area contributed by atoms with E-state index in [1.54, 1.807) is 19.2 Å². The van der Waals surface area contributed by atoms with Crippen LogP contribution >= 0.6 is 0 Å². The van der Waals surface area contributed by atoms with Crippen molar-refractivity contribution in [2.45, 2.75) is 0 Å². The minimum absolute atomic E-state index is 0.319. The lowest BCUT2D eigenvalue weighted by molar-refractivity contribution is 0.210. The summed E-state index contributed by atoms with van der Waals surface area (Å²) in [4.78, 5) is 4.12. The maximum absolute atomic E-state index is 5.00. The number of hydrogen-bond acceptors (Lipinski definition) is 8. The molecule has 0 aliphatic rings. The van der Waals surface area contributed by atoms with E-state index in [9.17, 15) is 0 Å². The summed E-state index contributed by atoms with van der Waals surface area (Å²) in [5.74, 6) is 0.797. The van der Waals surface area contributed by atoms with Crippen LogP contribution < -0.4 is 10.1 Å². The lowest BCUT2D eigenvalue weighted by Gasteiger charge is -1.97. The van der Waals surface area contributed by atoms with Gasteiger partial charge in [-0.15, -0.1) is 10.2 Å². The number of hydrogen-bond donors (Lipinski definition) is 1. The Hall–Kier alpha value is -2.22. The van der Waals surface area contributed by atoms with Crippen LogP contribution in [0.3, 0.4) is 0 Å². The SMILES string of the molecule is COCCNc1nc(-c2ccc(OC)nn2)no1. The highest BCUT2D eigenvalue weighted by molar-refractivity contribution is 5.49. The normalized spacial score (nSPS) is 10.3. The average Bonchev–Trinajstić information content (AvgIpc) is 2.88. The van der Waals surface area contributed by atoms with E-state index in [4.69, 9.17) is 14.0 Å². The fourth-order valence-corrected chi connectivity index (χ4v) is 1.21. The molecule has 0 fully saturated rings. The summed E-state index contributed by atoms with van der Waals surface area (Å²) in [7, 11) is 3.14. The molecule has 0 bridgehead atoms. The van der Waals surface area contributed by atoms with Crippen molar-refractivity contribution in [2.75, 3.05) is 32.7 Å². The van der Waals surface area contributed by atoms with Gasteiger partial charge in [0.1, 0.15) is 5.69 Å². The third-order valence-corrected chi connectivity index (χ3v) is 2.09. The Morgan fingerprint density at radius 2 is 2.17 bits per heavy atom. The first-order chi connectivity index (χ1) is 8.83. The van der Waals surface area contributed by atoms with Gasteiger partial charge in [-0.1, -0.05) is 5.16 Å². The van der Waals surface area contributed by atoms with Crippen molar-refractivity contribution in [3.63, 3.8) is 0 Å². The van der Waals surface area contributed by atoms with Crippen LogP contribution in [0, 0.1) is 0 Å². The van der Waals surface area contributed by atoms with Crippen LogP contribution in [-0.4, -0.2) is 47.7 Å². The van der Waals surface area contributed by atoms with Crippen molar-refractivity contribution in [2.24, 2.45) is 0 Å². The number of ether oxygens (including phenoxy) is 2. The van der Waals surface area contributed by atoms with Crippen molar-refractivity contribution in [1.29, 1.82) is 0 Å². The molecule has 0 amide bonds. The first-order valence-corrected chi connectivity index (χ1v) is 5.28. The Morgan fingerprint density at radius 1 is 1.28 bits per heavy atom. The van der Waals surface area contributed by atoms with E-state index in [2.05, 4.69) is 25.7 Å². The summed E-state index contributed by atoms with van der Waals surface area (Å²) >= 11 is 0. The summed E-state index contributed by atoms with van der Waals surface area (Å²) in [6, 6.07) is 3.70. The Morgan fingerprint density at radius 3 is 2.83 bits per heavy atom. The van der Waals surface area contributed by atoms with E-state index in [0.717, 1.165) is 0 Å². The second-order valence-corrected chi connectivity index (χ2v) is 3.30. The first kappa shape index (κ1) is 12.2. The van der Waals surface area contributed by atoms with E-state index in [1.807, 2.05) is 0 Å². The van der Waals surface area contributed by atoms with Gasteiger partial charge in [0.15, 0.2) is 0 Å². The van der Waals surface area contributed by atoms with Gasteiger partial charge in [-0.2, -0.15) is 4.98 Å². The second-order valence-electron chi connectivity index (χ2n) is 3.30. The highest BCUT2D eigenvalue weighted by Gasteiger charge is 2.10. The first-order valence-electron chi connectivity index (χ1n) is 5.28. The number of anilines is 1. The van der Waals surface area contributed by atoms with Gasteiger partial charge in [0.25, 0.3) is 0 Å². The number of methoxy groups -OCH3 is 2. The average molecular weight is 251 g/mol. The van der Waals surface area contributed by atoms with Gasteiger partial charge in [0.2, 0.25) is 11.7 Å². The molecule has 0 spiro atoms. The highest BCUT2D eigenvalue weighted by Crippen LogP contribution is 2.15. The van der Waals surface area contributed by atoms with Crippen molar-refractivity contribution in [3.05, 3.63) is 12.1 Å². The van der Waals surface area contributed by atoms with Crippen LogP contribution in [0.2, 0.25) is 0 Å². The van der Waals surface area contributed by atoms with E-state index in [0.29, 0.717) is 36.6 Å². The maximum Gasteiger partial charge on any atom is 0.321 e. The molecule has 96 valence electrons. The summed E-state index contributed by atoms with van der Waals surface area (Å²) in [5, 5.41) is 14.4. The van der Waals surface area contributed by atoms with Gasteiger partial charge < -0.3 is 19.3 Å². The van der Waals surface area contributed by atoms with Gasteiger partial charge in [-0.05, 0) is 6.07 Å². The Balaban J connectivity index is 2.04. The molecule has 0 radical (unpaired) electrons. The molecule has 2 aromatic heterocycles. The summed E-state index contributed by atoms with van der Waals surface area (Å²) in [6.45, 7) is 1.15. The maximum atomic E-state index is 5.00. The Labute approximate surface area is 103 Å². The zero-order valence-corrected chi connectivity index (χ0v) is 10.1. The van der Waals surface area contributed by atoms with Gasteiger partial charge in [-0.3, -0.25) is 0 Å². The standard InChI is InChI=1S/C10H13N5O3/c1-16-6-5-11-10-12-9(15-18-10)7-3-4-8(17-2)14-13-7/h3-4H,5-6H2,1-2H3,(H,11,12,15). The van der Waals surface area contributed by atoms with Gasteiger partial charge in [0, 0.05) is 19.7 Å². The Kier molecular flexibility index (Phi) is 4.02. The smallest absolute Gasteiger partial charge is 0.321 e. The lowest BCUT2D eigenvalue weighted by atomic mass is 10.4. The largest absolute Gasteiger partial charge is 0.480 e. The number of nitrogens with one attached hydrogen (secondary N) is 1. The number of nitrogens with zero attached hydrogens (tertiary/aromatic N) is 4. The summed E-state index contributed by atoms with van der Waals surface area (Å²) in [6.07, 6.45) is 0. The zero-order chi connectivity index (χ0) is 12.8. The molecule has 8 nitrogen and oxygen atoms in total. The molecule has 2 rings (SSSR count). The van der Waals surface area contributed by atoms with E-state index >= 15 is 0 Å². The molecule has 0 aliphatic carbocycles. The molecular weight excluding hydrogens is 238 g/mol. The summed E-state index contributed by atoms with van der Waals surface area (Å²) < 4.78 is 14.8. The van der Waals surface area contributed by atoms with Gasteiger partial charge in [-0.25, -0.2) is 0 Å². The predicted octanol–water partition coefficient (Wildman–Crippen LogP) is 0.593. The molecule has 1 N–H and O–H groups in total. The van der Waals surface area contributed by atoms with E-state index in [1.165, 1.54) is 7.11 Å². The van der Waals surface area contributed by atoms with Crippen LogP contribution in [-0.2, 0) is 4.74 Å². The number of aromatic nitrogens is 4.